The molecule has 0 fully saturated rings. The molecule has 0 unspecified atom stereocenters. The quantitative estimate of drug-likeness (QED) is 0.575. The van der Waals surface area contributed by atoms with Crippen molar-refractivity contribution >= 4 is 38.7 Å². The van der Waals surface area contributed by atoms with Gasteiger partial charge in [-0.3, -0.25) is 0 Å². The molecule has 114 valence electrons. The first kappa shape index (κ1) is 17.9. The molecule has 0 heterocycles. The Balaban J connectivity index is 2.93. The fourth-order valence-corrected chi connectivity index (χ4v) is 8.38. The van der Waals surface area contributed by atoms with E-state index in [1.165, 1.54) is 0 Å². The van der Waals surface area contributed by atoms with E-state index in [4.69, 9.17) is 10.1 Å². The van der Waals surface area contributed by atoms with E-state index in [1.54, 1.807) is 59.1 Å². The van der Waals surface area contributed by atoms with Crippen LogP contribution in [0.15, 0.2) is 24.3 Å². The Bertz CT molecular complexity index is 459. The molecule has 0 saturated carbocycles. The van der Waals surface area contributed by atoms with Crippen LogP contribution in [0.2, 0.25) is 0 Å². The fourth-order valence-electron chi connectivity index (χ4n) is 1.40. The van der Waals surface area contributed by atoms with Crippen LogP contribution in [0.5, 0.6) is 5.75 Å². The number of benzene rings is 1. The number of carbonyl (C=O) groups excluding carboxylic acids is 2. The molecule has 0 saturated heterocycles. The number of hydrogen-bond donors (Lipinski definition) is 0. The number of hydrogen-bond acceptors (Lipinski definition) is 5. The van der Waals surface area contributed by atoms with Gasteiger partial charge in [0.2, 0.25) is 0 Å². The van der Waals surface area contributed by atoms with E-state index in [0.717, 1.165) is 3.12 Å². The molecule has 0 radical (unpaired) electrons. The number of ether oxygens (including phenoxy) is 1. The Labute approximate surface area is 135 Å². The van der Waals surface area contributed by atoms with Gasteiger partial charge in [-0.05, 0) is 0 Å². The monoisotopic (exact) mass is 486 g/mol. The zero-order valence-corrected chi connectivity index (χ0v) is 17.6. The second-order valence-corrected chi connectivity index (χ2v) is 12.3. The molecular formula is C15H21O5Tl. The van der Waals surface area contributed by atoms with Crippen molar-refractivity contribution in [2.24, 2.45) is 11.8 Å². The van der Waals surface area contributed by atoms with Crippen LogP contribution in [0, 0.1) is 11.8 Å². The van der Waals surface area contributed by atoms with Crippen LogP contribution in [0.1, 0.15) is 27.7 Å². The molecule has 0 aromatic heterocycles. The van der Waals surface area contributed by atoms with Gasteiger partial charge in [0.25, 0.3) is 0 Å². The summed E-state index contributed by atoms with van der Waals surface area (Å²) >= 11 is -3.55. The van der Waals surface area contributed by atoms with Crippen LogP contribution >= 0.6 is 0 Å². The van der Waals surface area contributed by atoms with Crippen LogP contribution < -0.4 is 7.86 Å². The predicted octanol–water partition coefficient (Wildman–Crippen LogP) is 1.79. The third kappa shape index (κ3) is 5.64. The van der Waals surface area contributed by atoms with Crippen LogP contribution in [0.4, 0.5) is 0 Å². The van der Waals surface area contributed by atoms with Crippen molar-refractivity contribution < 1.29 is 19.7 Å². The van der Waals surface area contributed by atoms with Gasteiger partial charge in [-0.25, -0.2) is 0 Å². The molecule has 21 heavy (non-hydrogen) atoms. The molecule has 0 spiro atoms. The third-order valence-electron chi connectivity index (χ3n) is 2.78. The van der Waals surface area contributed by atoms with Crippen molar-refractivity contribution in [3.8, 4) is 5.75 Å². The number of methoxy groups -OCH3 is 1. The summed E-state index contributed by atoms with van der Waals surface area (Å²) < 4.78 is 16.9. The zero-order chi connectivity index (χ0) is 16.0. The minimum atomic E-state index is -3.55. The molecule has 0 aliphatic carbocycles. The van der Waals surface area contributed by atoms with E-state index in [-0.39, 0.29) is 23.8 Å². The Morgan fingerprint density at radius 2 is 1.33 bits per heavy atom. The van der Waals surface area contributed by atoms with Crippen LogP contribution in [0.3, 0.4) is 0 Å². The summed E-state index contributed by atoms with van der Waals surface area (Å²) in [6.45, 7) is 7.02. The van der Waals surface area contributed by atoms with Crippen molar-refractivity contribution in [1.82, 2.24) is 0 Å². The first-order valence-corrected chi connectivity index (χ1v) is 12.8. The van der Waals surface area contributed by atoms with Crippen LogP contribution in [-0.4, -0.2) is 42.7 Å². The van der Waals surface area contributed by atoms with Gasteiger partial charge >= 0.3 is 135 Å². The standard InChI is InChI=1S/C7H7O.2C4H8O2.Tl/c1-8-7-5-3-2-4-6-7;2*1-3(2)4(5)6;/h3-6H,1H3;2*3H,1-2H3,(H,5,6);/q;;;+2/p-2. The SMILES string of the molecule is COc1cc[c]([Tl]([O]C(=O)C(C)C)[O]C(=O)C(C)C)cc1. The summed E-state index contributed by atoms with van der Waals surface area (Å²) in [7, 11) is 1.58. The third-order valence-corrected chi connectivity index (χ3v) is 9.86. The average Bonchev–Trinajstić information content (AvgIpc) is 2.46. The van der Waals surface area contributed by atoms with E-state index in [9.17, 15) is 9.59 Å². The fraction of sp³-hybridized carbons (Fsp3) is 0.467. The topological polar surface area (TPSA) is 61.8 Å². The van der Waals surface area contributed by atoms with Gasteiger partial charge in [0.05, 0.1) is 0 Å². The molecule has 5 nitrogen and oxygen atoms in total. The zero-order valence-electron chi connectivity index (χ0n) is 13.1. The van der Waals surface area contributed by atoms with Gasteiger partial charge in [0.1, 0.15) is 0 Å². The number of rotatable bonds is 6. The second-order valence-electron chi connectivity index (χ2n) is 5.29. The maximum atomic E-state index is 11.8. The molecular weight excluding hydrogens is 465 g/mol. The number of carbonyl (C=O) groups is 2. The van der Waals surface area contributed by atoms with Gasteiger partial charge < -0.3 is 0 Å². The van der Waals surface area contributed by atoms with Crippen molar-refractivity contribution in [2.75, 3.05) is 7.11 Å². The van der Waals surface area contributed by atoms with Crippen molar-refractivity contribution in [2.45, 2.75) is 27.7 Å². The maximum absolute atomic E-state index is 11.8. The molecule has 0 N–H and O–H groups in total. The summed E-state index contributed by atoms with van der Waals surface area (Å²) in [4.78, 5) is 23.6. The Morgan fingerprint density at radius 3 is 1.67 bits per heavy atom. The molecule has 6 heteroatoms. The van der Waals surface area contributed by atoms with Crippen molar-refractivity contribution in [3.63, 3.8) is 0 Å². The van der Waals surface area contributed by atoms with Gasteiger partial charge in [-0.2, -0.15) is 0 Å². The van der Waals surface area contributed by atoms with Crippen LogP contribution in [0.25, 0.3) is 0 Å². The average molecular weight is 486 g/mol. The van der Waals surface area contributed by atoms with Crippen molar-refractivity contribution in [1.29, 1.82) is 0 Å². The van der Waals surface area contributed by atoms with Gasteiger partial charge in [-0.1, -0.05) is 0 Å². The molecule has 1 aromatic rings. The summed E-state index contributed by atoms with van der Waals surface area (Å²) in [5.41, 5.74) is 0. The van der Waals surface area contributed by atoms with Crippen molar-refractivity contribution in [3.05, 3.63) is 24.3 Å². The van der Waals surface area contributed by atoms with E-state index >= 15 is 0 Å². The summed E-state index contributed by atoms with van der Waals surface area (Å²) in [5, 5.41) is 0. The normalized spacial score (nSPS) is 10.4. The summed E-state index contributed by atoms with van der Waals surface area (Å²) in [5.74, 6) is -0.439. The molecule has 0 aliphatic rings. The van der Waals surface area contributed by atoms with Gasteiger partial charge in [0, 0.05) is 0 Å². The Hall–Kier alpha value is -1.12. The van der Waals surface area contributed by atoms with Crippen LogP contribution in [-0.2, 0) is 15.0 Å². The minimum absolute atomic E-state index is 0.247. The first-order chi connectivity index (χ1) is 9.85. The Morgan fingerprint density at radius 1 is 0.905 bits per heavy atom. The first-order valence-electron chi connectivity index (χ1n) is 6.90. The van der Waals surface area contributed by atoms with Gasteiger partial charge in [0.15, 0.2) is 0 Å². The molecule has 1 aromatic carbocycles. The van der Waals surface area contributed by atoms with Gasteiger partial charge in [-0.15, -0.1) is 0 Å². The second kappa shape index (κ2) is 8.36. The van der Waals surface area contributed by atoms with E-state index in [0.29, 0.717) is 5.75 Å². The molecule has 0 aliphatic heterocycles. The predicted molar refractivity (Wildman–Crippen MR) is 80.2 cm³/mol. The molecule has 0 atom stereocenters. The summed E-state index contributed by atoms with van der Waals surface area (Å²) in [6, 6.07) is 7.14. The molecule has 0 amide bonds. The summed E-state index contributed by atoms with van der Waals surface area (Å²) in [6.07, 6.45) is 0. The van der Waals surface area contributed by atoms with E-state index in [2.05, 4.69) is 0 Å². The molecule has 0 bridgehead atoms. The van der Waals surface area contributed by atoms with E-state index < -0.39 is 23.6 Å². The van der Waals surface area contributed by atoms with E-state index in [1.807, 2.05) is 0 Å². The Kier molecular flexibility index (Phi) is 7.13. The molecule has 1 rings (SSSR count).